The Hall–Kier alpha value is -0.830. The quantitative estimate of drug-likeness (QED) is 0.453. The molecular formula is C8H15NO2. The average molecular weight is 157 g/mol. The van der Waals surface area contributed by atoms with Gasteiger partial charge in [0, 0.05) is 7.05 Å². The van der Waals surface area contributed by atoms with Crippen molar-refractivity contribution in [3.8, 4) is 0 Å². The molecule has 0 atom stereocenters. The van der Waals surface area contributed by atoms with E-state index in [1.807, 2.05) is 13.8 Å². The second-order valence-corrected chi connectivity index (χ2v) is 2.73. The highest BCUT2D eigenvalue weighted by Gasteiger charge is 2.04. The lowest BCUT2D eigenvalue weighted by Crippen LogP contribution is -2.26. The van der Waals surface area contributed by atoms with Crippen molar-refractivity contribution >= 4 is 5.91 Å². The van der Waals surface area contributed by atoms with E-state index in [1.54, 1.807) is 7.05 Å². The molecule has 0 saturated carbocycles. The molecule has 0 bridgehead atoms. The maximum Gasteiger partial charge on any atom is 0.269 e. The highest BCUT2D eigenvalue weighted by atomic mass is 16.7. The van der Waals surface area contributed by atoms with E-state index in [1.165, 1.54) is 11.1 Å². The molecule has 0 aromatic heterocycles. The van der Waals surface area contributed by atoms with Crippen LogP contribution < -0.4 is 0 Å². The highest BCUT2D eigenvalue weighted by Crippen LogP contribution is 1.95. The average Bonchev–Trinajstić information content (AvgIpc) is 1.98. The van der Waals surface area contributed by atoms with Crippen LogP contribution in [-0.4, -0.2) is 24.6 Å². The predicted octanol–water partition coefficient (Wildman–Crippen LogP) is 1.22. The summed E-state index contributed by atoms with van der Waals surface area (Å²) in [6, 6.07) is 0. The molecule has 0 aliphatic carbocycles. The molecule has 3 nitrogen and oxygen atoms in total. The predicted molar refractivity (Wildman–Crippen MR) is 43.8 cm³/mol. The molecular weight excluding hydrogens is 142 g/mol. The van der Waals surface area contributed by atoms with Crippen LogP contribution >= 0.6 is 0 Å². The minimum absolute atomic E-state index is 0.217. The first-order valence-electron chi connectivity index (χ1n) is 3.61. The number of rotatable bonds is 4. The standard InChI is InChI=1S/C8H15NO2/c1-5-8(10)9(4)11-6-7(2)3/h5,7H,1,6H2,2-4H3. The van der Waals surface area contributed by atoms with E-state index in [0.717, 1.165) is 0 Å². The molecule has 0 aromatic carbocycles. The van der Waals surface area contributed by atoms with Gasteiger partial charge in [0.2, 0.25) is 0 Å². The molecule has 0 fully saturated rings. The molecule has 0 radical (unpaired) electrons. The van der Waals surface area contributed by atoms with Gasteiger partial charge in [-0.05, 0) is 12.0 Å². The van der Waals surface area contributed by atoms with Crippen molar-refractivity contribution < 1.29 is 9.63 Å². The Morgan fingerprint density at radius 2 is 2.27 bits per heavy atom. The van der Waals surface area contributed by atoms with Crippen LogP contribution in [0, 0.1) is 5.92 Å². The minimum Gasteiger partial charge on any atom is -0.271 e. The molecule has 0 aromatic rings. The van der Waals surface area contributed by atoms with E-state index < -0.39 is 0 Å². The Morgan fingerprint density at radius 3 is 2.64 bits per heavy atom. The molecule has 0 saturated heterocycles. The fourth-order valence-electron chi connectivity index (χ4n) is 0.453. The van der Waals surface area contributed by atoms with Crippen LogP contribution in [0.25, 0.3) is 0 Å². The molecule has 3 heteroatoms. The summed E-state index contributed by atoms with van der Waals surface area (Å²) < 4.78 is 0. The molecule has 0 aliphatic heterocycles. The minimum atomic E-state index is -0.217. The van der Waals surface area contributed by atoms with Crippen molar-refractivity contribution in [3.63, 3.8) is 0 Å². The van der Waals surface area contributed by atoms with Gasteiger partial charge in [0.05, 0.1) is 6.61 Å². The molecule has 0 heterocycles. The molecule has 64 valence electrons. The summed E-state index contributed by atoms with van der Waals surface area (Å²) in [5.74, 6) is 0.209. The van der Waals surface area contributed by atoms with Gasteiger partial charge in [-0.2, -0.15) is 0 Å². The first kappa shape index (κ1) is 10.2. The van der Waals surface area contributed by atoms with Gasteiger partial charge in [-0.3, -0.25) is 9.63 Å². The first-order chi connectivity index (χ1) is 5.07. The van der Waals surface area contributed by atoms with E-state index in [2.05, 4.69) is 6.58 Å². The van der Waals surface area contributed by atoms with Crippen molar-refractivity contribution in [3.05, 3.63) is 12.7 Å². The van der Waals surface area contributed by atoms with Crippen LogP contribution in [0.4, 0.5) is 0 Å². The van der Waals surface area contributed by atoms with Gasteiger partial charge < -0.3 is 0 Å². The highest BCUT2D eigenvalue weighted by molar-refractivity contribution is 5.85. The zero-order valence-corrected chi connectivity index (χ0v) is 7.33. The number of hydrogen-bond acceptors (Lipinski definition) is 2. The summed E-state index contributed by atoms with van der Waals surface area (Å²) in [4.78, 5) is 15.9. The van der Waals surface area contributed by atoms with Crippen molar-refractivity contribution in [2.45, 2.75) is 13.8 Å². The van der Waals surface area contributed by atoms with Crippen LogP contribution in [0.1, 0.15) is 13.8 Å². The molecule has 1 amide bonds. The largest absolute Gasteiger partial charge is 0.271 e. The third-order valence-corrected chi connectivity index (χ3v) is 1.09. The van der Waals surface area contributed by atoms with E-state index in [9.17, 15) is 4.79 Å². The lowest BCUT2D eigenvalue weighted by atomic mass is 10.2. The fourth-order valence-corrected chi connectivity index (χ4v) is 0.453. The van der Waals surface area contributed by atoms with Crippen molar-refractivity contribution in [2.75, 3.05) is 13.7 Å². The number of likely N-dealkylation sites (N-methyl/N-ethyl adjacent to an activating group) is 1. The number of amides is 1. The maximum atomic E-state index is 10.8. The zero-order valence-electron chi connectivity index (χ0n) is 7.33. The van der Waals surface area contributed by atoms with Crippen molar-refractivity contribution in [1.82, 2.24) is 5.06 Å². The van der Waals surface area contributed by atoms with Crippen LogP contribution in [-0.2, 0) is 9.63 Å². The maximum absolute atomic E-state index is 10.8. The van der Waals surface area contributed by atoms with Crippen LogP contribution in [0.5, 0.6) is 0 Å². The molecule has 0 spiro atoms. The summed E-state index contributed by atoms with van der Waals surface area (Å²) in [6.07, 6.45) is 1.22. The second kappa shape index (κ2) is 4.91. The van der Waals surface area contributed by atoms with Crippen molar-refractivity contribution in [1.29, 1.82) is 0 Å². The third-order valence-electron chi connectivity index (χ3n) is 1.09. The van der Waals surface area contributed by atoms with Gasteiger partial charge in [-0.1, -0.05) is 20.4 Å². The molecule has 0 aliphatic rings. The normalized spacial score (nSPS) is 9.82. The number of carbonyl (C=O) groups is 1. The second-order valence-electron chi connectivity index (χ2n) is 2.73. The van der Waals surface area contributed by atoms with Gasteiger partial charge in [0.1, 0.15) is 0 Å². The molecule has 0 rings (SSSR count). The van der Waals surface area contributed by atoms with E-state index >= 15 is 0 Å². The lowest BCUT2D eigenvalue weighted by Gasteiger charge is -2.15. The molecule has 11 heavy (non-hydrogen) atoms. The van der Waals surface area contributed by atoms with Crippen molar-refractivity contribution in [2.24, 2.45) is 5.92 Å². The Kier molecular flexibility index (Phi) is 4.54. The lowest BCUT2D eigenvalue weighted by molar-refractivity contribution is -0.175. The fraction of sp³-hybridized carbons (Fsp3) is 0.625. The van der Waals surface area contributed by atoms with Crippen LogP contribution in [0.2, 0.25) is 0 Å². The van der Waals surface area contributed by atoms with Gasteiger partial charge in [0.15, 0.2) is 0 Å². The Bertz CT molecular complexity index is 143. The Balaban J connectivity index is 3.60. The summed E-state index contributed by atoms with van der Waals surface area (Å²) in [6.45, 7) is 7.93. The van der Waals surface area contributed by atoms with Gasteiger partial charge in [-0.15, -0.1) is 0 Å². The first-order valence-corrected chi connectivity index (χ1v) is 3.61. The van der Waals surface area contributed by atoms with E-state index in [0.29, 0.717) is 12.5 Å². The van der Waals surface area contributed by atoms with E-state index in [4.69, 9.17) is 4.84 Å². The SMILES string of the molecule is C=CC(=O)N(C)OCC(C)C. The topological polar surface area (TPSA) is 29.5 Å². The summed E-state index contributed by atoms with van der Waals surface area (Å²) in [5.41, 5.74) is 0. The van der Waals surface area contributed by atoms with Gasteiger partial charge in [0.25, 0.3) is 5.91 Å². The number of nitrogens with zero attached hydrogens (tertiary/aromatic N) is 1. The Morgan fingerprint density at radius 1 is 1.73 bits per heavy atom. The monoisotopic (exact) mass is 157 g/mol. The van der Waals surface area contributed by atoms with Crippen LogP contribution in [0.3, 0.4) is 0 Å². The molecule has 0 unspecified atom stereocenters. The summed E-state index contributed by atoms with van der Waals surface area (Å²) >= 11 is 0. The van der Waals surface area contributed by atoms with Gasteiger partial charge >= 0.3 is 0 Å². The molecule has 0 N–H and O–H groups in total. The zero-order chi connectivity index (χ0) is 8.85. The number of carbonyl (C=O) groups excluding carboxylic acids is 1. The van der Waals surface area contributed by atoms with Crippen LogP contribution in [0.15, 0.2) is 12.7 Å². The number of hydroxylamine groups is 2. The number of hydrogen-bond donors (Lipinski definition) is 0. The van der Waals surface area contributed by atoms with Gasteiger partial charge in [-0.25, -0.2) is 5.06 Å². The summed E-state index contributed by atoms with van der Waals surface area (Å²) in [5, 5.41) is 1.19. The smallest absolute Gasteiger partial charge is 0.269 e. The third kappa shape index (κ3) is 4.56. The summed E-state index contributed by atoms with van der Waals surface area (Å²) in [7, 11) is 1.58. The van der Waals surface area contributed by atoms with E-state index in [-0.39, 0.29) is 5.91 Å². The Labute approximate surface area is 67.6 Å².